The first-order valence-corrected chi connectivity index (χ1v) is 15.6. The highest BCUT2D eigenvalue weighted by Crippen LogP contribution is 2.45. The highest BCUT2D eigenvalue weighted by atomic mass is 32.2. The Morgan fingerprint density at radius 1 is 1.09 bits per heavy atom. The Kier molecular flexibility index (Phi) is 7.34. The molecule has 1 aliphatic rings. The highest BCUT2D eigenvalue weighted by Gasteiger charge is 2.41. The summed E-state index contributed by atoms with van der Waals surface area (Å²) in [5.41, 5.74) is 1.30. The Morgan fingerprint density at radius 2 is 1.82 bits per heavy atom. The number of methoxy groups -OCH3 is 1. The summed E-state index contributed by atoms with van der Waals surface area (Å²) in [6.45, 7) is 0. The fourth-order valence-corrected chi connectivity index (χ4v) is 5.89. The molecule has 2 aromatic carbocycles. The van der Waals surface area contributed by atoms with E-state index in [-0.39, 0.29) is 58.5 Å². The lowest BCUT2D eigenvalue weighted by atomic mass is 9.98. The van der Waals surface area contributed by atoms with Gasteiger partial charge in [0.25, 0.3) is 11.8 Å². The first-order chi connectivity index (χ1) is 21.3. The minimum atomic E-state index is -3.82. The molecule has 6 rings (SSSR count). The van der Waals surface area contributed by atoms with Crippen LogP contribution in [0.3, 0.4) is 0 Å². The summed E-state index contributed by atoms with van der Waals surface area (Å²) >= 11 is 0. The van der Waals surface area contributed by atoms with Crippen molar-refractivity contribution >= 4 is 32.6 Å². The number of pyridine rings is 1. The molecule has 14 heteroatoms. The highest BCUT2D eigenvalue weighted by molar-refractivity contribution is 7.92. The average Bonchev–Trinajstić information content (AvgIpc) is 3.62. The lowest BCUT2D eigenvalue weighted by molar-refractivity contribution is -0.0274. The fraction of sp³-hybridized carbons (Fsp3) is 0.258. The Labute approximate surface area is 255 Å². The van der Waals surface area contributed by atoms with Gasteiger partial charge >= 0.3 is 0 Å². The zero-order valence-corrected chi connectivity index (χ0v) is 25.4. The molecule has 0 fully saturated rings. The molecule has 3 aromatic heterocycles. The number of furan rings is 1. The molecule has 0 saturated heterocycles. The van der Waals surface area contributed by atoms with E-state index < -0.39 is 33.4 Å². The Morgan fingerprint density at radius 3 is 2.47 bits per heavy atom. The molecule has 0 spiro atoms. The monoisotopic (exact) mass is 640 g/mol. The van der Waals surface area contributed by atoms with Crippen molar-refractivity contribution in [3.05, 3.63) is 71.5 Å². The number of sulfonamides is 1. The van der Waals surface area contributed by atoms with Crippen LogP contribution < -0.4 is 14.4 Å². The first-order valence-electron chi connectivity index (χ1n) is 13.8. The van der Waals surface area contributed by atoms with Crippen LogP contribution in [0.4, 0.5) is 18.9 Å². The van der Waals surface area contributed by atoms with Crippen molar-refractivity contribution in [1.29, 1.82) is 0 Å². The number of nitrogens with zero attached hydrogens (tertiary/aromatic N) is 3. The second kappa shape index (κ2) is 10.9. The van der Waals surface area contributed by atoms with Crippen LogP contribution in [0.15, 0.2) is 57.5 Å². The summed E-state index contributed by atoms with van der Waals surface area (Å²) < 4.78 is 86.8. The van der Waals surface area contributed by atoms with Gasteiger partial charge < -0.3 is 18.9 Å². The number of rotatable bonds is 7. The van der Waals surface area contributed by atoms with E-state index in [1.807, 2.05) is 0 Å². The molecule has 3 heterocycles. The van der Waals surface area contributed by atoms with Crippen molar-refractivity contribution < 1.29 is 40.0 Å². The second-order valence-corrected chi connectivity index (χ2v) is 12.6. The number of anilines is 1. The van der Waals surface area contributed by atoms with E-state index in [4.69, 9.17) is 13.6 Å². The number of carbonyl (C=O) groups is 1. The van der Waals surface area contributed by atoms with Gasteiger partial charge in [-0.25, -0.2) is 22.8 Å². The van der Waals surface area contributed by atoms with Crippen molar-refractivity contribution in [3.8, 4) is 39.8 Å². The maximum atomic E-state index is 14.6. The van der Waals surface area contributed by atoms with Crippen molar-refractivity contribution in [2.24, 2.45) is 0 Å². The predicted molar refractivity (Wildman–Crippen MR) is 160 cm³/mol. The van der Waals surface area contributed by atoms with Gasteiger partial charge in [-0.1, -0.05) is 0 Å². The molecule has 0 radical (unpaired) electrons. The van der Waals surface area contributed by atoms with Crippen LogP contribution >= 0.6 is 0 Å². The number of ether oxygens (including phenoxy) is 1. The van der Waals surface area contributed by atoms with Crippen molar-refractivity contribution in [3.63, 3.8) is 0 Å². The number of halogens is 3. The molecular formula is C31H27F3N4O6S. The number of benzene rings is 2. The number of hydrogen-bond donors (Lipinski definition) is 1. The minimum absolute atomic E-state index is 0.0488. The average molecular weight is 641 g/mol. The minimum Gasteiger partial charge on any atom is -0.480 e. The van der Waals surface area contributed by atoms with Crippen LogP contribution in [-0.4, -0.2) is 51.8 Å². The maximum Gasteiger partial charge on any atom is 0.293 e. The van der Waals surface area contributed by atoms with Gasteiger partial charge in [-0.15, -0.1) is 0 Å². The molecule has 10 nitrogen and oxygen atoms in total. The van der Waals surface area contributed by atoms with E-state index in [1.54, 1.807) is 12.1 Å². The summed E-state index contributed by atoms with van der Waals surface area (Å²) in [5, 5.41) is 2.92. The number of alkyl halides is 2. The van der Waals surface area contributed by atoms with E-state index in [9.17, 15) is 26.4 Å². The predicted octanol–water partition coefficient (Wildman–Crippen LogP) is 6.15. The quantitative estimate of drug-likeness (QED) is 0.225. The fourth-order valence-electron chi connectivity index (χ4n) is 5.38. The lowest BCUT2D eigenvalue weighted by Gasteiger charge is -2.21. The topological polar surface area (TPSA) is 128 Å². The molecular weight excluding hydrogens is 613 g/mol. The smallest absolute Gasteiger partial charge is 0.293 e. The van der Waals surface area contributed by atoms with Crippen molar-refractivity contribution in [1.82, 2.24) is 15.3 Å². The van der Waals surface area contributed by atoms with E-state index in [0.717, 1.165) is 10.6 Å². The molecule has 0 atom stereocenters. The number of carbonyl (C=O) groups excluding carboxylic acids is 1. The maximum absolute atomic E-state index is 14.6. The standard InChI is InChI=1S/C31H27F3N4O6S/c1-35-28(39)25-20-13-19(22(38(2)45(4,40)41)14-24(20)43-26(25)16-7-9-18(32)10-8-16)17-12-21(29(42-3)36-15-17)30-37-27-23(44-30)6-5-11-31(27,33)34/h7-10,12-15H,5-6,11H2,1-4H3,(H,35,39). The molecule has 0 bridgehead atoms. The summed E-state index contributed by atoms with van der Waals surface area (Å²) in [6.07, 6.45) is 2.64. The Bertz CT molecular complexity index is 2070. The van der Waals surface area contributed by atoms with Crippen molar-refractivity contribution in [2.75, 3.05) is 31.8 Å². The largest absolute Gasteiger partial charge is 0.480 e. The van der Waals surface area contributed by atoms with Gasteiger partial charge in [0, 0.05) is 61.3 Å². The molecule has 0 unspecified atom stereocenters. The summed E-state index contributed by atoms with van der Waals surface area (Å²) in [4.78, 5) is 21.7. The van der Waals surface area contributed by atoms with Crippen LogP contribution in [0.2, 0.25) is 0 Å². The summed E-state index contributed by atoms with van der Waals surface area (Å²) in [7, 11) is 0.341. The van der Waals surface area contributed by atoms with Gasteiger partial charge in [0.15, 0.2) is 5.69 Å². The molecule has 234 valence electrons. The normalized spacial score (nSPS) is 14.3. The van der Waals surface area contributed by atoms with Gasteiger partial charge in [0.05, 0.1) is 30.2 Å². The molecule has 1 amide bonds. The number of fused-ring (bicyclic) bond motifs is 2. The number of oxazole rings is 1. The van der Waals surface area contributed by atoms with E-state index in [1.165, 1.54) is 57.7 Å². The third kappa shape index (κ3) is 5.28. The molecule has 5 aromatic rings. The second-order valence-electron chi connectivity index (χ2n) is 10.6. The molecule has 0 saturated carbocycles. The van der Waals surface area contributed by atoms with E-state index >= 15 is 0 Å². The van der Waals surface area contributed by atoms with Crippen LogP contribution in [0.25, 0.3) is 44.9 Å². The molecule has 1 N–H and O–H groups in total. The van der Waals surface area contributed by atoms with Crippen LogP contribution in [0.1, 0.15) is 34.7 Å². The van der Waals surface area contributed by atoms with Gasteiger partial charge in [0.1, 0.15) is 22.9 Å². The molecule has 45 heavy (non-hydrogen) atoms. The van der Waals surface area contributed by atoms with Gasteiger partial charge in [-0.2, -0.15) is 8.78 Å². The molecule has 0 aliphatic heterocycles. The van der Waals surface area contributed by atoms with Crippen LogP contribution in [0.5, 0.6) is 5.88 Å². The first kappa shape index (κ1) is 30.2. The number of hydrogen-bond acceptors (Lipinski definition) is 8. The zero-order chi connectivity index (χ0) is 32.3. The van der Waals surface area contributed by atoms with Gasteiger partial charge in [0.2, 0.25) is 21.8 Å². The third-order valence-electron chi connectivity index (χ3n) is 7.73. The number of amides is 1. The number of nitrogens with one attached hydrogen (secondary N) is 1. The Balaban J connectivity index is 1.61. The number of aryl methyl sites for hydroxylation is 1. The Hall–Kier alpha value is -4.85. The summed E-state index contributed by atoms with van der Waals surface area (Å²) in [5.74, 6) is -3.97. The van der Waals surface area contributed by atoms with E-state index in [2.05, 4.69) is 15.3 Å². The lowest BCUT2D eigenvalue weighted by Crippen LogP contribution is -2.25. The van der Waals surface area contributed by atoms with Gasteiger partial charge in [-0.05, 0) is 42.8 Å². The van der Waals surface area contributed by atoms with E-state index in [0.29, 0.717) is 28.5 Å². The van der Waals surface area contributed by atoms with Crippen LogP contribution in [0, 0.1) is 5.82 Å². The SMILES string of the molecule is CNC(=O)c1c(-c2ccc(F)cc2)oc2cc(N(C)S(C)(=O)=O)c(-c3cnc(OC)c(-c4nc5c(o4)CCCC5(F)F)c3)cc12. The third-order valence-corrected chi connectivity index (χ3v) is 8.92. The summed E-state index contributed by atoms with van der Waals surface area (Å²) in [6, 6.07) is 9.97. The van der Waals surface area contributed by atoms with Crippen LogP contribution in [-0.2, 0) is 22.4 Å². The van der Waals surface area contributed by atoms with Gasteiger partial charge in [-0.3, -0.25) is 9.10 Å². The zero-order valence-electron chi connectivity index (χ0n) is 24.6. The van der Waals surface area contributed by atoms with Crippen molar-refractivity contribution in [2.45, 2.75) is 25.2 Å². The number of aromatic nitrogens is 2. The molecule has 1 aliphatic carbocycles.